The molecule has 1 aromatic rings. The summed E-state index contributed by atoms with van der Waals surface area (Å²) in [6.07, 6.45) is 2.05. The van der Waals surface area contributed by atoms with Crippen LogP contribution in [0.3, 0.4) is 0 Å². The highest BCUT2D eigenvalue weighted by Gasteiger charge is 2.18. The van der Waals surface area contributed by atoms with Gasteiger partial charge in [-0.1, -0.05) is 6.07 Å². The fourth-order valence-corrected chi connectivity index (χ4v) is 2.48. The molecule has 1 amide bonds. The number of nitrogen functional groups attached to an aromatic ring is 1. The number of carbonyl (C=O) groups excluding carboxylic acids is 1. The first-order valence-electron chi connectivity index (χ1n) is 7.11. The summed E-state index contributed by atoms with van der Waals surface area (Å²) in [6, 6.07) is 5.49. The minimum absolute atomic E-state index is 0.0150. The second-order valence-corrected chi connectivity index (χ2v) is 5.47. The standard InChI is InChI=1S/C15H23N3O2/c1-11-4-5-12(16)9-14(11)17-15(20)6-8-18-7-2-3-13(19)10-18/h4-5,9,13,19H,2-3,6-8,10,16H2,1H3,(H,17,20). The van der Waals surface area contributed by atoms with Crippen LogP contribution in [0.5, 0.6) is 0 Å². The van der Waals surface area contributed by atoms with Gasteiger partial charge in [-0.25, -0.2) is 0 Å². The Labute approximate surface area is 119 Å². The zero-order valence-corrected chi connectivity index (χ0v) is 11.9. The van der Waals surface area contributed by atoms with Gasteiger partial charge in [0.1, 0.15) is 0 Å². The van der Waals surface area contributed by atoms with Gasteiger partial charge in [-0.3, -0.25) is 4.79 Å². The Kier molecular flexibility index (Phi) is 4.98. The molecule has 1 fully saturated rings. The molecule has 1 aromatic carbocycles. The van der Waals surface area contributed by atoms with Crippen LogP contribution < -0.4 is 11.1 Å². The molecule has 4 N–H and O–H groups in total. The first-order chi connectivity index (χ1) is 9.54. The van der Waals surface area contributed by atoms with Gasteiger partial charge >= 0.3 is 0 Å². The molecule has 0 radical (unpaired) electrons. The Balaban J connectivity index is 1.82. The molecule has 1 unspecified atom stereocenters. The summed E-state index contributed by atoms with van der Waals surface area (Å²) in [5.74, 6) is -0.0150. The predicted octanol–water partition coefficient (Wildman–Crippen LogP) is 1.36. The van der Waals surface area contributed by atoms with E-state index in [1.54, 1.807) is 6.07 Å². The molecule has 5 nitrogen and oxygen atoms in total. The van der Waals surface area contributed by atoms with Crippen LogP contribution in [0, 0.1) is 6.92 Å². The highest BCUT2D eigenvalue weighted by atomic mass is 16.3. The third-order valence-electron chi connectivity index (χ3n) is 3.67. The molecule has 0 aliphatic carbocycles. The third-order valence-corrected chi connectivity index (χ3v) is 3.67. The molecule has 1 aliphatic rings. The molecule has 0 spiro atoms. The van der Waals surface area contributed by atoms with E-state index in [4.69, 9.17) is 5.73 Å². The number of aryl methyl sites for hydroxylation is 1. The Morgan fingerprint density at radius 2 is 2.35 bits per heavy atom. The maximum atomic E-state index is 12.0. The summed E-state index contributed by atoms with van der Waals surface area (Å²) in [7, 11) is 0. The zero-order valence-electron chi connectivity index (χ0n) is 11.9. The number of piperidine rings is 1. The predicted molar refractivity (Wildman–Crippen MR) is 80.5 cm³/mol. The van der Waals surface area contributed by atoms with Crippen molar-refractivity contribution in [3.63, 3.8) is 0 Å². The molecular weight excluding hydrogens is 254 g/mol. The molecule has 20 heavy (non-hydrogen) atoms. The van der Waals surface area contributed by atoms with Crippen molar-refractivity contribution in [2.24, 2.45) is 0 Å². The van der Waals surface area contributed by atoms with E-state index in [9.17, 15) is 9.90 Å². The fourth-order valence-electron chi connectivity index (χ4n) is 2.48. The highest BCUT2D eigenvalue weighted by Crippen LogP contribution is 2.18. The summed E-state index contributed by atoms with van der Waals surface area (Å²) in [4.78, 5) is 14.1. The minimum Gasteiger partial charge on any atom is -0.399 e. The molecular formula is C15H23N3O2. The van der Waals surface area contributed by atoms with Gasteiger partial charge in [0.05, 0.1) is 6.10 Å². The molecule has 1 heterocycles. The Morgan fingerprint density at radius 1 is 1.55 bits per heavy atom. The lowest BCUT2D eigenvalue weighted by molar-refractivity contribution is -0.116. The number of nitrogens with two attached hydrogens (primary N) is 1. The topological polar surface area (TPSA) is 78.6 Å². The molecule has 0 aromatic heterocycles. The van der Waals surface area contributed by atoms with E-state index in [0.29, 0.717) is 25.2 Å². The third kappa shape index (κ3) is 4.21. The van der Waals surface area contributed by atoms with Gasteiger partial charge in [0.15, 0.2) is 0 Å². The number of nitrogens with one attached hydrogen (secondary N) is 1. The van der Waals surface area contributed by atoms with E-state index in [-0.39, 0.29) is 12.0 Å². The maximum Gasteiger partial charge on any atom is 0.225 e. The quantitative estimate of drug-likeness (QED) is 0.726. The summed E-state index contributed by atoms with van der Waals surface area (Å²) >= 11 is 0. The first kappa shape index (κ1) is 14.8. The number of anilines is 2. The second-order valence-electron chi connectivity index (χ2n) is 5.47. The number of hydrogen-bond acceptors (Lipinski definition) is 4. The van der Waals surface area contributed by atoms with Crippen molar-refractivity contribution in [2.75, 3.05) is 30.7 Å². The van der Waals surface area contributed by atoms with Crippen LogP contribution in [0.1, 0.15) is 24.8 Å². The maximum absolute atomic E-state index is 12.0. The van der Waals surface area contributed by atoms with Crippen molar-refractivity contribution >= 4 is 17.3 Å². The van der Waals surface area contributed by atoms with Gasteiger partial charge in [-0.15, -0.1) is 0 Å². The molecule has 5 heteroatoms. The van der Waals surface area contributed by atoms with Crippen LogP contribution in [0.2, 0.25) is 0 Å². The number of likely N-dealkylation sites (tertiary alicyclic amines) is 1. The summed E-state index contributed by atoms with van der Waals surface area (Å²) < 4.78 is 0. The lowest BCUT2D eigenvalue weighted by atomic mass is 10.1. The molecule has 0 saturated carbocycles. The van der Waals surface area contributed by atoms with Crippen LogP contribution >= 0.6 is 0 Å². The number of nitrogens with zero attached hydrogens (tertiary/aromatic N) is 1. The van der Waals surface area contributed by atoms with E-state index in [0.717, 1.165) is 30.6 Å². The molecule has 2 rings (SSSR count). The van der Waals surface area contributed by atoms with E-state index in [2.05, 4.69) is 10.2 Å². The van der Waals surface area contributed by atoms with Gasteiger partial charge in [0.25, 0.3) is 0 Å². The van der Waals surface area contributed by atoms with Gasteiger partial charge in [0.2, 0.25) is 5.91 Å². The van der Waals surface area contributed by atoms with Crippen molar-refractivity contribution in [3.05, 3.63) is 23.8 Å². The van der Waals surface area contributed by atoms with Crippen LogP contribution in [0.4, 0.5) is 11.4 Å². The monoisotopic (exact) mass is 277 g/mol. The average molecular weight is 277 g/mol. The smallest absolute Gasteiger partial charge is 0.225 e. The van der Waals surface area contributed by atoms with E-state index in [1.165, 1.54) is 0 Å². The fraction of sp³-hybridized carbons (Fsp3) is 0.533. The van der Waals surface area contributed by atoms with Crippen LogP contribution in [0.25, 0.3) is 0 Å². The van der Waals surface area contributed by atoms with E-state index < -0.39 is 0 Å². The van der Waals surface area contributed by atoms with Crippen LogP contribution in [-0.4, -0.2) is 41.7 Å². The Bertz CT molecular complexity index is 476. The molecule has 1 aliphatic heterocycles. The lowest BCUT2D eigenvalue weighted by Crippen LogP contribution is -2.39. The largest absolute Gasteiger partial charge is 0.399 e. The number of β-amino-alcohol motifs (C(OH)–C–C–N with tert-alkyl or cyclic N) is 1. The van der Waals surface area contributed by atoms with Gasteiger partial charge < -0.3 is 21.1 Å². The summed E-state index contributed by atoms with van der Waals surface area (Å²) in [5, 5.41) is 12.5. The number of aliphatic hydroxyl groups excluding tert-OH is 1. The molecule has 1 atom stereocenters. The molecule has 1 saturated heterocycles. The van der Waals surface area contributed by atoms with E-state index >= 15 is 0 Å². The van der Waals surface area contributed by atoms with E-state index in [1.807, 2.05) is 19.1 Å². The number of carbonyl (C=O) groups is 1. The first-order valence-corrected chi connectivity index (χ1v) is 7.11. The molecule has 0 bridgehead atoms. The number of aliphatic hydroxyl groups is 1. The molecule has 110 valence electrons. The Morgan fingerprint density at radius 3 is 3.10 bits per heavy atom. The number of benzene rings is 1. The number of hydrogen-bond donors (Lipinski definition) is 3. The van der Waals surface area contributed by atoms with Crippen molar-refractivity contribution in [2.45, 2.75) is 32.3 Å². The van der Waals surface area contributed by atoms with Crippen LogP contribution in [-0.2, 0) is 4.79 Å². The summed E-state index contributed by atoms with van der Waals surface area (Å²) in [6.45, 7) is 4.26. The highest BCUT2D eigenvalue weighted by molar-refractivity contribution is 5.92. The van der Waals surface area contributed by atoms with Gasteiger partial charge in [0, 0.05) is 30.9 Å². The minimum atomic E-state index is -0.247. The van der Waals surface area contributed by atoms with Crippen molar-refractivity contribution in [1.82, 2.24) is 4.90 Å². The number of rotatable bonds is 4. The van der Waals surface area contributed by atoms with Crippen molar-refractivity contribution < 1.29 is 9.90 Å². The summed E-state index contributed by atoms with van der Waals surface area (Å²) in [5.41, 5.74) is 8.14. The van der Waals surface area contributed by atoms with Crippen LogP contribution in [0.15, 0.2) is 18.2 Å². The zero-order chi connectivity index (χ0) is 14.5. The van der Waals surface area contributed by atoms with Gasteiger partial charge in [-0.2, -0.15) is 0 Å². The van der Waals surface area contributed by atoms with Crippen molar-refractivity contribution in [1.29, 1.82) is 0 Å². The number of amides is 1. The SMILES string of the molecule is Cc1ccc(N)cc1NC(=O)CCN1CCCC(O)C1. The average Bonchev–Trinajstić information content (AvgIpc) is 2.41. The second kappa shape index (κ2) is 6.72. The van der Waals surface area contributed by atoms with Gasteiger partial charge in [-0.05, 0) is 44.0 Å². The Hall–Kier alpha value is -1.59. The lowest BCUT2D eigenvalue weighted by Gasteiger charge is -2.29. The normalized spacial score (nSPS) is 19.8. The van der Waals surface area contributed by atoms with Crippen molar-refractivity contribution in [3.8, 4) is 0 Å².